The molecule has 0 saturated carbocycles. The molecule has 0 saturated heterocycles. The lowest BCUT2D eigenvalue weighted by Crippen LogP contribution is -1.91. The van der Waals surface area contributed by atoms with Crippen LogP contribution in [0.4, 0.5) is 0 Å². The third-order valence-electron chi connectivity index (χ3n) is 2.16. The van der Waals surface area contributed by atoms with Crippen molar-refractivity contribution in [3.05, 3.63) is 17.5 Å². The fraction of sp³-hybridized carbons (Fsp3) is 0.600. The van der Waals surface area contributed by atoms with Crippen LogP contribution in [0, 0.1) is 6.92 Å². The molecule has 0 aromatic carbocycles. The van der Waals surface area contributed by atoms with E-state index in [-0.39, 0.29) is 5.25 Å². The van der Waals surface area contributed by atoms with Crippen LogP contribution >= 0.6 is 11.8 Å². The van der Waals surface area contributed by atoms with E-state index >= 15 is 0 Å². The van der Waals surface area contributed by atoms with Crippen LogP contribution in [0.15, 0.2) is 9.68 Å². The minimum Gasteiger partial charge on any atom is -0.338 e. The lowest BCUT2D eigenvalue weighted by molar-refractivity contribution is 0.374. The third kappa shape index (κ3) is 3.06. The highest BCUT2D eigenvalue weighted by molar-refractivity contribution is 7.99. The molecule has 2 aromatic rings. The molecule has 17 heavy (non-hydrogen) atoms. The molecule has 0 radical (unpaired) electrons. The van der Waals surface area contributed by atoms with Gasteiger partial charge in [-0.15, -0.1) is 5.10 Å². The average Bonchev–Trinajstić information content (AvgIpc) is 2.88. The van der Waals surface area contributed by atoms with Crippen molar-refractivity contribution in [2.75, 3.05) is 0 Å². The molecule has 0 spiro atoms. The Morgan fingerprint density at radius 2 is 2.24 bits per heavy atom. The van der Waals surface area contributed by atoms with Gasteiger partial charge < -0.3 is 4.52 Å². The first-order chi connectivity index (χ1) is 8.19. The van der Waals surface area contributed by atoms with E-state index in [0.29, 0.717) is 11.0 Å². The Kier molecular flexibility index (Phi) is 3.78. The van der Waals surface area contributed by atoms with E-state index in [1.54, 1.807) is 0 Å². The van der Waals surface area contributed by atoms with Crippen molar-refractivity contribution in [1.29, 1.82) is 0 Å². The van der Waals surface area contributed by atoms with Crippen molar-refractivity contribution >= 4 is 11.8 Å². The van der Waals surface area contributed by atoms with Gasteiger partial charge in [0.2, 0.25) is 11.0 Å². The van der Waals surface area contributed by atoms with Crippen LogP contribution < -0.4 is 0 Å². The van der Waals surface area contributed by atoms with Gasteiger partial charge in [-0.2, -0.15) is 4.98 Å². The number of aromatic nitrogens is 5. The molecule has 7 heteroatoms. The summed E-state index contributed by atoms with van der Waals surface area (Å²) in [7, 11) is 0. The van der Waals surface area contributed by atoms with Gasteiger partial charge in [-0.05, 0) is 20.3 Å². The summed E-state index contributed by atoms with van der Waals surface area (Å²) < 4.78 is 5.21. The van der Waals surface area contributed by atoms with Crippen LogP contribution in [0.3, 0.4) is 0 Å². The summed E-state index contributed by atoms with van der Waals surface area (Å²) in [5.41, 5.74) is 0. The summed E-state index contributed by atoms with van der Waals surface area (Å²) in [5, 5.41) is 11.5. The molecule has 0 unspecified atom stereocenters. The summed E-state index contributed by atoms with van der Waals surface area (Å²) in [5.74, 6) is 2.19. The van der Waals surface area contributed by atoms with Crippen molar-refractivity contribution in [3.8, 4) is 0 Å². The van der Waals surface area contributed by atoms with Crippen LogP contribution in [0.5, 0.6) is 0 Å². The zero-order valence-electron chi connectivity index (χ0n) is 10.1. The van der Waals surface area contributed by atoms with E-state index in [2.05, 4.69) is 32.2 Å². The Morgan fingerprint density at radius 3 is 2.88 bits per heavy atom. The lowest BCUT2D eigenvalue weighted by Gasteiger charge is -2.00. The van der Waals surface area contributed by atoms with Crippen molar-refractivity contribution in [3.63, 3.8) is 0 Å². The molecule has 2 rings (SSSR count). The number of hydrogen-bond acceptors (Lipinski definition) is 6. The Bertz CT molecular complexity index is 481. The van der Waals surface area contributed by atoms with Crippen LogP contribution in [0.2, 0.25) is 0 Å². The predicted octanol–water partition coefficient (Wildman–Crippen LogP) is 2.30. The fourth-order valence-corrected chi connectivity index (χ4v) is 2.14. The van der Waals surface area contributed by atoms with Gasteiger partial charge in [-0.1, -0.05) is 23.8 Å². The molecule has 1 N–H and O–H groups in total. The zero-order valence-corrected chi connectivity index (χ0v) is 10.9. The summed E-state index contributed by atoms with van der Waals surface area (Å²) in [6, 6.07) is 0. The largest absolute Gasteiger partial charge is 0.338 e. The number of nitrogens with zero attached hydrogens (tertiary/aromatic N) is 4. The maximum Gasteiger partial charge on any atom is 0.239 e. The minimum atomic E-state index is 0.0586. The Morgan fingerprint density at radius 1 is 1.41 bits per heavy atom. The number of thioether (sulfide) groups is 1. The van der Waals surface area contributed by atoms with E-state index in [9.17, 15) is 0 Å². The minimum absolute atomic E-state index is 0.0586. The van der Waals surface area contributed by atoms with E-state index < -0.39 is 0 Å². The van der Waals surface area contributed by atoms with Gasteiger partial charge in [-0.25, -0.2) is 4.98 Å². The average molecular weight is 253 g/mol. The molecule has 0 amide bonds. The quantitative estimate of drug-likeness (QED) is 0.823. The molecule has 2 heterocycles. The molecule has 0 aliphatic carbocycles. The highest BCUT2D eigenvalue weighted by Gasteiger charge is 2.17. The second-order valence-corrected chi connectivity index (χ2v) is 5.07. The Labute approximate surface area is 104 Å². The van der Waals surface area contributed by atoms with E-state index in [1.165, 1.54) is 11.8 Å². The molecule has 0 aliphatic rings. The first-order valence-corrected chi connectivity index (χ1v) is 6.45. The Hall–Kier alpha value is -1.37. The summed E-state index contributed by atoms with van der Waals surface area (Å²) in [4.78, 5) is 8.56. The van der Waals surface area contributed by atoms with Crippen LogP contribution in [-0.2, 0) is 6.42 Å². The van der Waals surface area contributed by atoms with Crippen molar-refractivity contribution in [2.24, 2.45) is 0 Å². The van der Waals surface area contributed by atoms with E-state index in [1.807, 2.05) is 13.8 Å². The Balaban J connectivity index is 2.01. The molecule has 6 nitrogen and oxygen atoms in total. The van der Waals surface area contributed by atoms with Gasteiger partial charge >= 0.3 is 0 Å². The van der Waals surface area contributed by atoms with Crippen molar-refractivity contribution in [1.82, 2.24) is 25.3 Å². The van der Waals surface area contributed by atoms with E-state index in [4.69, 9.17) is 4.52 Å². The standard InChI is InChI=1S/C10H15N5OS/c1-4-5-8-12-9(16-15-8)6(2)17-10-11-7(3)13-14-10/h6H,4-5H2,1-3H3,(H,11,13,14)/t6-/m0/s1. The maximum atomic E-state index is 5.21. The monoisotopic (exact) mass is 253 g/mol. The van der Waals surface area contributed by atoms with Gasteiger partial charge in [0.25, 0.3) is 0 Å². The number of aromatic amines is 1. The van der Waals surface area contributed by atoms with Crippen LogP contribution in [0.1, 0.15) is 43.1 Å². The summed E-state index contributed by atoms with van der Waals surface area (Å²) in [6.07, 6.45) is 1.86. The number of aryl methyl sites for hydroxylation is 2. The number of nitrogens with one attached hydrogen (secondary N) is 1. The maximum absolute atomic E-state index is 5.21. The third-order valence-corrected chi connectivity index (χ3v) is 3.11. The first kappa shape index (κ1) is 12.1. The van der Waals surface area contributed by atoms with E-state index in [0.717, 1.165) is 24.5 Å². The zero-order chi connectivity index (χ0) is 12.3. The topological polar surface area (TPSA) is 80.5 Å². The molecular weight excluding hydrogens is 238 g/mol. The molecular formula is C10H15N5OS. The molecule has 0 fully saturated rings. The number of H-pyrrole nitrogens is 1. The normalized spacial score (nSPS) is 12.9. The molecule has 2 aromatic heterocycles. The van der Waals surface area contributed by atoms with Crippen LogP contribution in [-0.4, -0.2) is 25.3 Å². The lowest BCUT2D eigenvalue weighted by atomic mass is 10.3. The summed E-state index contributed by atoms with van der Waals surface area (Å²) in [6.45, 7) is 5.96. The molecule has 0 aliphatic heterocycles. The first-order valence-electron chi connectivity index (χ1n) is 5.57. The van der Waals surface area contributed by atoms with Gasteiger partial charge in [-0.3, -0.25) is 5.10 Å². The number of hydrogen-bond donors (Lipinski definition) is 1. The highest BCUT2D eigenvalue weighted by atomic mass is 32.2. The smallest absolute Gasteiger partial charge is 0.239 e. The van der Waals surface area contributed by atoms with Gasteiger partial charge in [0, 0.05) is 6.42 Å². The highest BCUT2D eigenvalue weighted by Crippen LogP contribution is 2.31. The second kappa shape index (κ2) is 5.31. The van der Waals surface area contributed by atoms with Crippen molar-refractivity contribution in [2.45, 2.75) is 44.0 Å². The molecule has 1 atom stereocenters. The summed E-state index contributed by atoms with van der Waals surface area (Å²) >= 11 is 1.50. The van der Waals surface area contributed by atoms with Gasteiger partial charge in [0.05, 0.1) is 5.25 Å². The predicted molar refractivity (Wildman–Crippen MR) is 63.7 cm³/mol. The number of rotatable bonds is 5. The molecule has 92 valence electrons. The fourth-order valence-electron chi connectivity index (χ4n) is 1.34. The van der Waals surface area contributed by atoms with Gasteiger partial charge in [0.15, 0.2) is 5.82 Å². The SMILES string of the molecule is CCCc1noc([C@H](C)Sc2n[nH]c(C)n2)n1. The van der Waals surface area contributed by atoms with Crippen molar-refractivity contribution < 1.29 is 4.52 Å². The van der Waals surface area contributed by atoms with Crippen LogP contribution in [0.25, 0.3) is 0 Å². The van der Waals surface area contributed by atoms with Gasteiger partial charge in [0.1, 0.15) is 5.82 Å². The second-order valence-electron chi connectivity index (χ2n) is 3.76. The molecule has 0 bridgehead atoms.